The standard InChI is InChI=1S/C74H128O6/c1-4-7-10-13-16-19-22-24-26-28-30-31-32-33-34-35-36-37-38-39-40-41-42-43-45-46-48-50-52-55-58-61-64-67-73(76)79-70-71(69-78-72(75)66-63-60-57-54-21-18-15-12-9-6-3)80-74(77)68-65-62-59-56-53-51-49-47-44-29-27-25-23-20-17-14-11-8-5-2/h8,11-12,15,17,20,22,24-25,27-28,30,32-33,44,47,71H,4-7,9-10,13-14,16,18-19,21,23,26,29,31,34-43,45-46,48-70H2,1-3H3/b11-8-,15-12-,20-17-,24-22-,27-25-,30-28-,33-32-,47-44-. The molecule has 1 unspecified atom stereocenters. The molecule has 80 heavy (non-hydrogen) atoms. The molecule has 0 aromatic rings. The van der Waals surface area contributed by atoms with E-state index in [-0.39, 0.29) is 31.1 Å². The van der Waals surface area contributed by atoms with Gasteiger partial charge in [-0.3, -0.25) is 14.4 Å². The highest BCUT2D eigenvalue weighted by molar-refractivity contribution is 5.71. The first-order valence-corrected chi connectivity index (χ1v) is 34.2. The van der Waals surface area contributed by atoms with Crippen molar-refractivity contribution in [1.29, 1.82) is 0 Å². The second-order valence-electron chi connectivity index (χ2n) is 22.7. The largest absolute Gasteiger partial charge is 0.462 e. The molecule has 0 amide bonds. The number of allylic oxidation sites excluding steroid dienone is 16. The van der Waals surface area contributed by atoms with Gasteiger partial charge in [-0.05, 0) is 116 Å². The number of hydrogen-bond acceptors (Lipinski definition) is 6. The number of unbranched alkanes of at least 4 members (excludes halogenated alkanes) is 35. The van der Waals surface area contributed by atoms with Gasteiger partial charge in [0, 0.05) is 19.3 Å². The second-order valence-corrected chi connectivity index (χ2v) is 22.7. The van der Waals surface area contributed by atoms with Crippen LogP contribution in [0.3, 0.4) is 0 Å². The Kier molecular flexibility index (Phi) is 64.7. The van der Waals surface area contributed by atoms with Gasteiger partial charge in [-0.1, -0.05) is 298 Å². The van der Waals surface area contributed by atoms with Crippen LogP contribution in [0.25, 0.3) is 0 Å². The zero-order valence-electron chi connectivity index (χ0n) is 52.8. The fourth-order valence-corrected chi connectivity index (χ4v) is 9.68. The zero-order chi connectivity index (χ0) is 57.8. The van der Waals surface area contributed by atoms with E-state index in [2.05, 4.69) is 118 Å². The molecule has 6 heteroatoms. The zero-order valence-corrected chi connectivity index (χ0v) is 52.8. The molecule has 0 fully saturated rings. The molecule has 0 bridgehead atoms. The van der Waals surface area contributed by atoms with Crippen molar-refractivity contribution < 1.29 is 28.6 Å². The van der Waals surface area contributed by atoms with E-state index in [0.29, 0.717) is 19.3 Å². The van der Waals surface area contributed by atoms with Crippen molar-refractivity contribution in [3.05, 3.63) is 97.2 Å². The summed E-state index contributed by atoms with van der Waals surface area (Å²) in [4.78, 5) is 38.3. The van der Waals surface area contributed by atoms with E-state index >= 15 is 0 Å². The van der Waals surface area contributed by atoms with Gasteiger partial charge in [-0.25, -0.2) is 0 Å². The molecule has 460 valence electrons. The van der Waals surface area contributed by atoms with E-state index in [4.69, 9.17) is 14.2 Å². The first kappa shape index (κ1) is 76.3. The van der Waals surface area contributed by atoms with E-state index in [9.17, 15) is 14.4 Å². The normalized spacial score (nSPS) is 12.7. The van der Waals surface area contributed by atoms with E-state index in [1.165, 1.54) is 173 Å². The lowest BCUT2D eigenvalue weighted by Gasteiger charge is -2.18. The second kappa shape index (κ2) is 67.8. The van der Waals surface area contributed by atoms with Gasteiger partial charge in [0.25, 0.3) is 0 Å². The minimum Gasteiger partial charge on any atom is -0.462 e. The third-order valence-corrected chi connectivity index (χ3v) is 14.8. The topological polar surface area (TPSA) is 78.9 Å². The smallest absolute Gasteiger partial charge is 0.306 e. The number of hydrogen-bond donors (Lipinski definition) is 0. The Hall–Kier alpha value is -3.67. The van der Waals surface area contributed by atoms with Crippen LogP contribution in [0.4, 0.5) is 0 Å². The van der Waals surface area contributed by atoms with Crippen molar-refractivity contribution in [2.24, 2.45) is 0 Å². The SMILES string of the molecule is CC/C=C\C/C=C\C/C=C\C/C=C\CCCCCCCCC(=O)OC(COC(=O)CCCCCCC/C=C\CCC)COC(=O)CCCCCCCCCCCCCCCCCCCC/C=C\C/C=C\C/C=C\CCCCCCC. The highest BCUT2D eigenvalue weighted by Crippen LogP contribution is 2.17. The average molecular weight is 1110 g/mol. The molecular weight excluding hydrogens is 985 g/mol. The Balaban J connectivity index is 4.13. The molecule has 0 N–H and O–H groups in total. The summed E-state index contributed by atoms with van der Waals surface area (Å²) in [6, 6.07) is 0. The van der Waals surface area contributed by atoms with Crippen LogP contribution < -0.4 is 0 Å². The number of carbonyl (C=O) groups is 3. The van der Waals surface area contributed by atoms with Crippen LogP contribution in [0.1, 0.15) is 335 Å². The van der Waals surface area contributed by atoms with Crippen molar-refractivity contribution in [3.8, 4) is 0 Å². The summed E-state index contributed by atoms with van der Waals surface area (Å²) in [5, 5.41) is 0. The molecule has 0 aromatic heterocycles. The molecule has 1 atom stereocenters. The Labute approximate surface area is 496 Å². The lowest BCUT2D eigenvalue weighted by atomic mass is 10.0. The summed E-state index contributed by atoms with van der Waals surface area (Å²) in [5.74, 6) is -0.898. The predicted molar refractivity (Wildman–Crippen MR) is 348 cm³/mol. The highest BCUT2D eigenvalue weighted by Gasteiger charge is 2.19. The van der Waals surface area contributed by atoms with E-state index in [1.54, 1.807) is 0 Å². The van der Waals surface area contributed by atoms with Gasteiger partial charge in [0.2, 0.25) is 0 Å². The van der Waals surface area contributed by atoms with Gasteiger partial charge in [-0.15, -0.1) is 0 Å². The predicted octanol–water partition coefficient (Wildman–Crippen LogP) is 23.6. The van der Waals surface area contributed by atoms with Crippen molar-refractivity contribution in [1.82, 2.24) is 0 Å². The molecule has 0 saturated carbocycles. The maximum atomic E-state index is 12.9. The summed E-state index contributed by atoms with van der Waals surface area (Å²) in [7, 11) is 0. The summed E-state index contributed by atoms with van der Waals surface area (Å²) in [5.41, 5.74) is 0. The maximum absolute atomic E-state index is 12.9. The number of rotatable bonds is 62. The van der Waals surface area contributed by atoms with Gasteiger partial charge in [0.15, 0.2) is 6.10 Å². The van der Waals surface area contributed by atoms with E-state index in [0.717, 1.165) is 122 Å². The van der Waals surface area contributed by atoms with Crippen LogP contribution in [0.2, 0.25) is 0 Å². The molecule has 0 heterocycles. The quantitative estimate of drug-likeness (QED) is 0.0261. The van der Waals surface area contributed by atoms with Gasteiger partial charge in [0.1, 0.15) is 13.2 Å². The Morgan fingerprint density at radius 3 is 0.825 bits per heavy atom. The molecule has 0 aromatic carbocycles. The minimum absolute atomic E-state index is 0.0839. The fraction of sp³-hybridized carbons (Fsp3) is 0.743. The fourth-order valence-electron chi connectivity index (χ4n) is 9.68. The first-order valence-electron chi connectivity index (χ1n) is 34.2. The summed E-state index contributed by atoms with van der Waals surface area (Å²) >= 11 is 0. The third-order valence-electron chi connectivity index (χ3n) is 14.8. The van der Waals surface area contributed by atoms with Crippen LogP contribution in [0.5, 0.6) is 0 Å². The molecule has 0 aliphatic carbocycles. The summed E-state index contributed by atoms with van der Waals surface area (Å²) < 4.78 is 16.9. The van der Waals surface area contributed by atoms with Gasteiger partial charge >= 0.3 is 17.9 Å². The van der Waals surface area contributed by atoms with Gasteiger partial charge < -0.3 is 14.2 Å². The van der Waals surface area contributed by atoms with E-state index in [1.807, 2.05) is 0 Å². The Bertz CT molecular complexity index is 1560. The molecule has 0 aliphatic rings. The lowest BCUT2D eigenvalue weighted by Crippen LogP contribution is -2.30. The highest BCUT2D eigenvalue weighted by atomic mass is 16.6. The van der Waals surface area contributed by atoms with Gasteiger partial charge in [-0.2, -0.15) is 0 Å². The Morgan fingerprint density at radius 1 is 0.263 bits per heavy atom. The molecular formula is C74H128O6. The molecule has 0 radical (unpaired) electrons. The molecule has 0 spiro atoms. The van der Waals surface area contributed by atoms with Crippen molar-refractivity contribution in [2.75, 3.05) is 13.2 Å². The summed E-state index contributed by atoms with van der Waals surface area (Å²) in [6.45, 7) is 6.46. The summed E-state index contributed by atoms with van der Waals surface area (Å²) in [6.07, 6.45) is 91.6. The van der Waals surface area contributed by atoms with Crippen molar-refractivity contribution in [2.45, 2.75) is 341 Å². The monoisotopic (exact) mass is 1110 g/mol. The Morgan fingerprint density at radius 2 is 0.512 bits per heavy atom. The minimum atomic E-state index is -0.788. The van der Waals surface area contributed by atoms with Gasteiger partial charge in [0.05, 0.1) is 0 Å². The van der Waals surface area contributed by atoms with Crippen LogP contribution >= 0.6 is 0 Å². The van der Waals surface area contributed by atoms with Crippen LogP contribution in [-0.2, 0) is 28.6 Å². The lowest BCUT2D eigenvalue weighted by molar-refractivity contribution is -0.167. The average Bonchev–Trinajstić information content (AvgIpc) is 3.46. The first-order chi connectivity index (χ1) is 39.5. The van der Waals surface area contributed by atoms with Crippen LogP contribution in [0.15, 0.2) is 97.2 Å². The van der Waals surface area contributed by atoms with E-state index < -0.39 is 6.10 Å². The maximum Gasteiger partial charge on any atom is 0.306 e. The molecule has 0 rings (SSSR count). The number of carbonyl (C=O) groups excluding carboxylic acids is 3. The third kappa shape index (κ3) is 65.1. The van der Waals surface area contributed by atoms with Crippen molar-refractivity contribution in [3.63, 3.8) is 0 Å². The van der Waals surface area contributed by atoms with Crippen LogP contribution in [-0.4, -0.2) is 37.2 Å². The molecule has 0 saturated heterocycles. The molecule has 6 nitrogen and oxygen atoms in total. The van der Waals surface area contributed by atoms with Crippen LogP contribution in [0, 0.1) is 0 Å². The molecule has 0 aliphatic heterocycles. The van der Waals surface area contributed by atoms with Crippen molar-refractivity contribution >= 4 is 17.9 Å². The number of ether oxygens (including phenoxy) is 3. The number of esters is 3.